The fraction of sp³-hybridized carbons (Fsp3) is 1.00. The van der Waals surface area contributed by atoms with Crippen LogP contribution >= 0.6 is 0 Å². The van der Waals surface area contributed by atoms with E-state index in [2.05, 4.69) is 10.0 Å². The van der Waals surface area contributed by atoms with E-state index in [0.29, 0.717) is 0 Å². The number of aliphatic hydroxyl groups is 2. The average Bonchev–Trinajstić information content (AvgIpc) is 2.14. The lowest BCUT2D eigenvalue weighted by Crippen LogP contribution is -2.48. The number of aliphatic hydroxyl groups excluding tert-OH is 2. The summed E-state index contributed by atoms with van der Waals surface area (Å²) in [5.74, 6) is -0.179. The Morgan fingerprint density at radius 1 is 1.69 bits per heavy atom. The molecule has 0 spiro atoms. The minimum Gasteiger partial charge on any atom is -0.394 e. The maximum absolute atomic E-state index is 9.57. The Balaban J connectivity index is 2.63. The minimum atomic E-state index is -0.769. The van der Waals surface area contributed by atoms with Gasteiger partial charge in [-0.25, -0.2) is 0 Å². The molecule has 0 radical (unpaired) electrons. The monoisotopic (exact) mass is 187 g/mol. The first kappa shape index (κ1) is 10.3. The van der Waals surface area contributed by atoms with E-state index in [0.717, 1.165) is 0 Å². The van der Waals surface area contributed by atoms with Crippen LogP contribution in [0.5, 0.6) is 0 Å². The quantitative estimate of drug-likeness (QED) is 0.363. The van der Waals surface area contributed by atoms with Gasteiger partial charge in [0.05, 0.1) is 25.4 Å². The number of rotatable bonds is 2. The van der Waals surface area contributed by atoms with Crippen molar-refractivity contribution < 1.29 is 14.9 Å². The van der Waals surface area contributed by atoms with Crippen molar-refractivity contribution in [1.29, 1.82) is 0 Å². The van der Waals surface area contributed by atoms with Crippen LogP contribution < -0.4 is 0 Å². The van der Waals surface area contributed by atoms with Crippen molar-refractivity contribution in [1.82, 2.24) is 0 Å². The predicted octanol–water partition coefficient (Wildman–Crippen LogP) is 0.0534. The van der Waals surface area contributed by atoms with E-state index in [-0.39, 0.29) is 25.2 Å². The van der Waals surface area contributed by atoms with Crippen molar-refractivity contribution in [2.24, 2.45) is 11.0 Å². The Morgan fingerprint density at radius 2 is 2.38 bits per heavy atom. The zero-order valence-electron chi connectivity index (χ0n) is 7.37. The van der Waals surface area contributed by atoms with E-state index in [9.17, 15) is 5.11 Å². The van der Waals surface area contributed by atoms with Gasteiger partial charge in [-0.15, -0.1) is 0 Å². The van der Waals surface area contributed by atoms with Crippen LogP contribution in [0, 0.1) is 5.92 Å². The molecule has 0 bridgehead atoms. The Bertz CT molecular complexity index is 217. The molecule has 0 aromatic rings. The molecule has 1 aliphatic heterocycles. The molecule has 1 heterocycles. The molecule has 1 aliphatic rings. The van der Waals surface area contributed by atoms with Gasteiger partial charge in [0.2, 0.25) is 0 Å². The number of azide groups is 1. The molecular weight excluding hydrogens is 174 g/mol. The lowest BCUT2D eigenvalue weighted by molar-refractivity contribution is -0.126. The summed E-state index contributed by atoms with van der Waals surface area (Å²) in [6, 6.07) is -0.345. The van der Waals surface area contributed by atoms with Crippen molar-refractivity contribution in [3.05, 3.63) is 10.4 Å². The van der Waals surface area contributed by atoms with Gasteiger partial charge in [0.25, 0.3) is 0 Å². The van der Waals surface area contributed by atoms with Gasteiger partial charge in [0.15, 0.2) is 0 Å². The fourth-order valence-electron chi connectivity index (χ4n) is 1.40. The smallest absolute Gasteiger partial charge is 0.107 e. The molecule has 0 aromatic heterocycles. The van der Waals surface area contributed by atoms with Crippen molar-refractivity contribution in [2.75, 3.05) is 13.2 Å². The standard InChI is InChI=1S/C7H13N3O3/c1-4-5(9-10-8)3-13-6(2-11)7(4)12/h4-7,11-12H,2-3H2,1H3/t4-,5?,6-,7-/m1/s1. The van der Waals surface area contributed by atoms with Gasteiger partial charge < -0.3 is 14.9 Å². The van der Waals surface area contributed by atoms with Crippen LogP contribution in [0.4, 0.5) is 0 Å². The molecule has 74 valence electrons. The summed E-state index contributed by atoms with van der Waals surface area (Å²) in [4.78, 5) is 2.67. The molecule has 1 saturated heterocycles. The zero-order valence-corrected chi connectivity index (χ0v) is 7.37. The SMILES string of the molecule is C[C@@H]1C(N=[N+]=[N-])CO[C@H](CO)[C@@H]1O. The van der Waals surface area contributed by atoms with E-state index in [1.54, 1.807) is 6.92 Å². The van der Waals surface area contributed by atoms with Gasteiger partial charge >= 0.3 is 0 Å². The highest BCUT2D eigenvalue weighted by molar-refractivity contribution is 4.88. The molecule has 13 heavy (non-hydrogen) atoms. The zero-order chi connectivity index (χ0) is 9.84. The van der Waals surface area contributed by atoms with Crippen molar-refractivity contribution >= 4 is 0 Å². The highest BCUT2D eigenvalue weighted by atomic mass is 16.5. The predicted molar refractivity (Wildman–Crippen MR) is 44.9 cm³/mol. The van der Waals surface area contributed by atoms with E-state index in [1.807, 2.05) is 0 Å². The molecule has 4 atom stereocenters. The summed E-state index contributed by atoms with van der Waals surface area (Å²) >= 11 is 0. The second-order valence-electron chi connectivity index (χ2n) is 3.18. The second-order valence-corrected chi connectivity index (χ2v) is 3.18. The maximum atomic E-state index is 9.57. The Labute approximate surface area is 75.8 Å². The first-order valence-electron chi connectivity index (χ1n) is 4.15. The first-order valence-corrected chi connectivity index (χ1v) is 4.15. The molecule has 6 nitrogen and oxygen atoms in total. The van der Waals surface area contributed by atoms with Crippen molar-refractivity contribution in [3.63, 3.8) is 0 Å². The summed E-state index contributed by atoms with van der Waals surface area (Å²) < 4.78 is 5.11. The summed E-state index contributed by atoms with van der Waals surface area (Å²) in [7, 11) is 0. The van der Waals surface area contributed by atoms with Gasteiger partial charge in [-0.1, -0.05) is 12.0 Å². The highest BCUT2D eigenvalue weighted by Crippen LogP contribution is 2.23. The van der Waals surface area contributed by atoms with Crippen LogP contribution in [-0.2, 0) is 4.74 Å². The normalized spacial score (nSPS) is 39.6. The summed E-state index contributed by atoms with van der Waals surface area (Å²) in [5, 5.41) is 21.9. The Hall–Kier alpha value is -0.810. The lowest BCUT2D eigenvalue weighted by Gasteiger charge is -2.35. The third-order valence-corrected chi connectivity index (χ3v) is 2.39. The van der Waals surface area contributed by atoms with Gasteiger partial charge in [-0.2, -0.15) is 0 Å². The Morgan fingerprint density at radius 3 is 2.92 bits per heavy atom. The average molecular weight is 187 g/mol. The number of hydrogen-bond donors (Lipinski definition) is 2. The molecule has 1 fully saturated rings. The van der Waals surface area contributed by atoms with E-state index >= 15 is 0 Å². The van der Waals surface area contributed by atoms with Gasteiger partial charge in [0, 0.05) is 4.91 Å². The molecule has 2 N–H and O–H groups in total. The summed E-state index contributed by atoms with van der Waals surface area (Å²) in [6.45, 7) is 1.82. The van der Waals surface area contributed by atoms with Crippen LogP contribution in [0.25, 0.3) is 10.4 Å². The van der Waals surface area contributed by atoms with Crippen molar-refractivity contribution in [3.8, 4) is 0 Å². The van der Waals surface area contributed by atoms with Crippen LogP contribution in [0.15, 0.2) is 5.11 Å². The second kappa shape index (κ2) is 4.43. The summed E-state index contributed by atoms with van der Waals surface area (Å²) in [5.41, 5.74) is 8.22. The van der Waals surface area contributed by atoms with Gasteiger partial charge in [0.1, 0.15) is 6.10 Å². The third-order valence-electron chi connectivity index (χ3n) is 2.39. The minimum absolute atomic E-state index is 0.179. The molecule has 0 aliphatic carbocycles. The van der Waals surface area contributed by atoms with E-state index in [4.69, 9.17) is 15.4 Å². The van der Waals surface area contributed by atoms with Crippen LogP contribution in [-0.4, -0.2) is 41.7 Å². The van der Waals surface area contributed by atoms with Gasteiger partial charge in [-0.3, -0.25) is 0 Å². The van der Waals surface area contributed by atoms with Crippen LogP contribution in [0.1, 0.15) is 6.92 Å². The number of ether oxygens (including phenoxy) is 1. The number of hydrogen-bond acceptors (Lipinski definition) is 4. The lowest BCUT2D eigenvalue weighted by atomic mass is 9.90. The first-order chi connectivity index (χ1) is 6.20. The molecule has 1 unspecified atom stereocenters. The highest BCUT2D eigenvalue weighted by Gasteiger charge is 2.35. The van der Waals surface area contributed by atoms with E-state index < -0.39 is 12.2 Å². The molecular formula is C7H13N3O3. The molecule has 6 heteroatoms. The fourth-order valence-corrected chi connectivity index (χ4v) is 1.40. The maximum Gasteiger partial charge on any atom is 0.107 e. The summed E-state index contributed by atoms with van der Waals surface area (Å²) in [6.07, 6.45) is -1.32. The van der Waals surface area contributed by atoms with E-state index in [1.165, 1.54) is 0 Å². The Kier molecular flexibility index (Phi) is 3.50. The molecule has 0 saturated carbocycles. The van der Waals surface area contributed by atoms with Gasteiger partial charge in [-0.05, 0) is 11.4 Å². The van der Waals surface area contributed by atoms with Crippen LogP contribution in [0.2, 0.25) is 0 Å². The molecule has 0 amide bonds. The topological polar surface area (TPSA) is 98.5 Å². The molecule has 0 aromatic carbocycles. The van der Waals surface area contributed by atoms with Crippen LogP contribution in [0.3, 0.4) is 0 Å². The third kappa shape index (κ3) is 2.10. The largest absolute Gasteiger partial charge is 0.394 e. The van der Waals surface area contributed by atoms with Crippen molar-refractivity contribution in [2.45, 2.75) is 25.2 Å². The number of nitrogens with zero attached hydrogens (tertiary/aromatic N) is 3. The molecule has 1 rings (SSSR count).